The molecule has 2 aromatic carbocycles. The van der Waals surface area contributed by atoms with E-state index in [1.807, 2.05) is 0 Å². The highest BCUT2D eigenvalue weighted by Crippen LogP contribution is 2.29. The van der Waals surface area contributed by atoms with Crippen molar-refractivity contribution in [3.05, 3.63) is 71.8 Å². The molecule has 2 unspecified atom stereocenters. The van der Waals surface area contributed by atoms with Gasteiger partial charge in [0.25, 0.3) is 0 Å². The van der Waals surface area contributed by atoms with E-state index in [1.165, 1.54) is 30.4 Å². The van der Waals surface area contributed by atoms with Crippen LogP contribution in [0.5, 0.6) is 0 Å². The Balaban J connectivity index is 1.84. The Morgan fingerprint density at radius 2 is 1.40 bits per heavy atom. The van der Waals surface area contributed by atoms with Crippen molar-refractivity contribution in [2.45, 2.75) is 38.3 Å². The van der Waals surface area contributed by atoms with Gasteiger partial charge in [0, 0.05) is 6.04 Å². The number of hydrogen-bond acceptors (Lipinski definition) is 1. The fourth-order valence-corrected chi connectivity index (χ4v) is 3.27. The zero-order valence-corrected chi connectivity index (χ0v) is 12.1. The van der Waals surface area contributed by atoms with Crippen LogP contribution in [0.25, 0.3) is 0 Å². The number of nitrogens with one attached hydrogen (secondary N) is 1. The maximum atomic E-state index is 3.88. The quantitative estimate of drug-likeness (QED) is 0.855. The van der Waals surface area contributed by atoms with Crippen LogP contribution in [-0.2, 0) is 0 Å². The lowest BCUT2D eigenvalue weighted by Gasteiger charge is -2.24. The van der Waals surface area contributed by atoms with E-state index in [0.29, 0.717) is 12.1 Å². The minimum absolute atomic E-state index is 0.313. The summed E-state index contributed by atoms with van der Waals surface area (Å²) in [4.78, 5) is 0. The van der Waals surface area contributed by atoms with E-state index in [2.05, 4.69) is 72.9 Å². The molecular weight excluding hydrogens is 242 g/mol. The first-order valence-electron chi connectivity index (χ1n) is 7.69. The third-order valence-corrected chi connectivity index (χ3v) is 4.36. The van der Waals surface area contributed by atoms with Gasteiger partial charge in [0.15, 0.2) is 0 Å². The topological polar surface area (TPSA) is 12.0 Å². The number of hydrogen-bond donors (Lipinski definition) is 1. The first-order valence-corrected chi connectivity index (χ1v) is 7.69. The highest BCUT2D eigenvalue weighted by Gasteiger charge is 2.24. The van der Waals surface area contributed by atoms with Crippen LogP contribution in [0.4, 0.5) is 0 Å². The Bertz CT molecular complexity index is 480. The lowest BCUT2D eigenvalue weighted by molar-refractivity contribution is 0.464. The molecule has 0 saturated heterocycles. The predicted octanol–water partition coefficient (Wildman–Crippen LogP) is 4.55. The van der Waals surface area contributed by atoms with Gasteiger partial charge in [0.2, 0.25) is 0 Å². The first-order chi connectivity index (χ1) is 9.83. The molecule has 0 amide bonds. The molecule has 2 aromatic rings. The average Bonchev–Trinajstić information content (AvgIpc) is 2.92. The third kappa shape index (κ3) is 3.10. The van der Waals surface area contributed by atoms with Gasteiger partial charge < -0.3 is 5.32 Å². The van der Waals surface area contributed by atoms with Gasteiger partial charge in [-0.15, -0.1) is 0 Å². The zero-order valence-electron chi connectivity index (χ0n) is 12.1. The van der Waals surface area contributed by atoms with Gasteiger partial charge >= 0.3 is 0 Å². The Labute approximate surface area is 122 Å². The van der Waals surface area contributed by atoms with Crippen LogP contribution >= 0.6 is 0 Å². The molecule has 1 aliphatic carbocycles. The molecule has 0 aromatic heterocycles. The van der Waals surface area contributed by atoms with E-state index in [-0.39, 0.29) is 0 Å². The van der Waals surface area contributed by atoms with E-state index >= 15 is 0 Å². The molecule has 1 nitrogen and oxygen atoms in total. The second kappa shape index (κ2) is 6.23. The Hall–Kier alpha value is -1.60. The van der Waals surface area contributed by atoms with Gasteiger partial charge in [-0.25, -0.2) is 0 Å². The maximum absolute atomic E-state index is 3.88. The smallest absolute Gasteiger partial charge is 0.0578 e. The second-order valence-electron chi connectivity index (χ2n) is 6.04. The van der Waals surface area contributed by atoms with E-state index in [9.17, 15) is 0 Å². The minimum atomic E-state index is 0.313. The first kappa shape index (κ1) is 13.4. The van der Waals surface area contributed by atoms with Crippen molar-refractivity contribution < 1.29 is 0 Å². The summed E-state index contributed by atoms with van der Waals surface area (Å²) >= 11 is 0. The van der Waals surface area contributed by atoms with Crippen LogP contribution in [0.2, 0.25) is 0 Å². The van der Waals surface area contributed by atoms with E-state index in [4.69, 9.17) is 0 Å². The van der Waals surface area contributed by atoms with Crippen molar-refractivity contribution in [3.63, 3.8) is 0 Å². The molecule has 0 spiro atoms. The largest absolute Gasteiger partial charge is 0.303 e. The summed E-state index contributed by atoms with van der Waals surface area (Å²) in [7, 11) is 0. The van der Waals surface area contributed by atoms with E-state index in [0.717, 1.165) is 5.92 Å². The zero-order chi connectivity index (χ0) is 13.8. The van der Waals surface area contributed by atoms with Crippen molar-refractivity contribution in [1.29, 1.82) is 0 Å². The fraction of sp³-hybridized carbons (Fsp3) is 0.368. The van der Waals surface area contributed by atoms with E-state index in [1.54, 1.807) is 0 Å². The molecule has 1 fully saturated rings. The molecule has 2 atom stereocenters. The average molecular weight is 265 g/mol. The summed E-state index contributed by atoms with van der Waals surface area (Å²) in [5, 5.41) is 3.88. The summed E-state index contributed by atoms with van der Waals surface area (Å²) < 4.78 is 0. The van der Waals surface area contributed by atoms with Gasteiger partial charge in [0.1, 0.15) is 0 Å². The normalized spacial score (nSPS) is 22.3. The minimum Gasteiger partial charge on any atom is -0.303 e. The van der Waals surface area contributed by atoms with Crippen LogP contribution in [0, 0.1) is 5.92 Å². The molecule has 0 aliphatic heterocycles. The SMILES string of the molecule is CC1CCC(NC(c2ccccc2)c2ccccc2)C1. The Morgan fingerprint density at radius 1 is 0.850 bits per heavy atom. The molecule has 0 heterocycles. The molecule has 1 saturated carbocycles. The summed E-state index contributed by atoms with van der Waals surface area (Å²) in [6, 6.07) is 22.6. The van der Waals surface area contributed by atoms with Gasteiger partial charge in [0.05, 0.1) is 6.04 Å². The number of rotatable bonds is 4. The van der Waals surface area contributed by atoms with Crippen molar-refractivity contribution in [2.75, 3.05) is 0 Å². The second-order valence-corrected chi connectivity index (χ2v) is 6.04. The van der Waals surface area contributed by atoms with Crippen LogP contribution in [-0.4, -0.2) is 6.04 Å². The van der Waals surface area contributed by atoms with E-state index < -0.39 is 0 Å². The summed E-state index contributed by atoms with van der Waals surface area (Å²) in [5.41, 5.74) is 2.72. The monoisotopic (exact) mass is 265 g/mol. The van der Waals surface area contributed by atoms with Crippen LogP contribution in [0.3, 0.4) is 0 Å². The van der Waals surface area contributed by atoms with Gasteiger partial charge in [-0.3, -0.25) is 0 Å². The highest BCUT2D eigenvalue weighted by molar-refractivity contribution is 5.31. The van der Waals surface area contributed by atoms with Crippen LogP contribution in [0.1, 0.15) is 43.4 Å². The summed E-state index contributed by atoms with van der Waals surface area (Å²) in [6.07, 6.45) is 3.96. The molecule has 1 aliphatic rings. The predicted molar refractivity (Wildman–Crippen MR) is 84.7 cm³/mol. The molecular formula is C19H23N. The van der Waals surface area contributed by atoms with Gasteiger partial charge in [-0.2, -0.15) is 0 Å². The summed E-state index contributed by atoms with van der Waals surface area (Å²) in [6.45, 7) is 2.36. The molecule has 0 radical (unpaired) electrons. The lowest BCUT2D eigenvalue weighted by Crippen LogP contribution is -2.31. The van der Waals surface area contributed by atoms with Crippen LogP contribution in [0.15, 0.2) is 60.7 Å². The molecule has 104 valence electrons. The Kier molecular flexibility index (Phi) is 4.17. The highest BCUT2D eigenvalue weighted by atomic mass is 15.0. The number of benzene rings is 2. The molecule has 1 heteroatoms. The Morgan fingerprint density at radius 3 is 1.85 bits per heavy atom. The van der Waals surface area contributed by atoms with Crippen LogP contribution < -0.4 is 5.32 Å². The molecule has 20 heavy (non-hydrogen) atoms. The third-order valence-electron chi connectivity index (χ3n) is 4.36. The molecule has 0 bridgehead atoms. The molecule has 3 rings (SSSR count). The summed E-state index contributed by atoms with van der Waals surface area (Å²) in [5.74, 6) is 0.861. The fourth-order valence-electron chi connectivity index (χ4n) is 3.27. The van der Waals surface area contributed by atoms with Crippen molar-refractivity contribution in [3.8, 4) is 0 Å². The van der Waals surface area contributed by atoms with Crippen molar-refractivity contribution in [1.82, 2.24) is 5.32 Å². The maximum Gasteiger partial charge on any atom is 0.0578 e. The van der Waals surface area contributed by atoms with Gasteiger partial charge in [-0.1, -0.05) is 67.6 Å². The standard InChI is InChI=1S/C19H23N/c1-15-12-13-18(14-15)20-19(16-8-4-2-5-9-16)17-10-6-3-7-11-17/h2-11,15,18-20H,12-14H2,1H3. The van der Waals surface area contributed by atoms with Crippen molar-refractivity contribution >= 4 is 0 Å². The lowest BCUT2D eigenvalue weighted by atomic mass is 9.97. The molecule has 1 N–H and O–H groups in total. The van der Waals surface area contributed by atoms with Gasteiger partial charge in [-0.05, 0) is 36.3 Å². The van der Waals surface area contributed by atoms with Crippen molar-refractivity contribution in [2.24, 2.45) is 5.92 Å².